The van der Waals surface area contributed by atoms with Crippen LogP contribution in [0.3, 0.4) is 0 Å². The predicted octanol–water partition coefficient (Wildman–Crippen LogP) is 0.293. The molecule has 2 atom stereocenters. The lowest BCUT2D eigenvalue weighted by Crippen LogP contribution is -2.42. The molecule has 2 bridgehead atoms. The molecule has 0 spiro atoms. The number of amides is 2. The van der Waals surface area contributed by atoms with E-state index in [0.717, 1.165) is 19.3 Å². The SMILES string of the molecule is COCCCC(=O)N1C2CCC1CC(=O)NC2. The highest BCUT2D eigenvalue weighted by Crippen LogP contribution is 2.28. The van der Waals surface area contributed by atoms with Crippen molar-refractivity contribution in [2.45, 2.75) is 44.2 Å². The zero-order valence-electron chi connectivity index (χ0n) is 10.3. The predicted molar refractivity (Wildman–Crippen MR) is 62.4 cm³/mol. The largest absolute Gasteiger partial charge is 0.385 e. The minimum Gasteiger partial charge on any atom is -0.385 e. The second-order valence-corrected chi connectivity index (χ2v) is 4.79. The van der Waals surface area contributed by atoms with E-state index < -0.39 is 0 Å². The first-order valence-electron chi connectivity index (χ1n) is 6.29. The Labute approximate surface area is 101 Å². The van der Waals surface area contributed by atoms with Crippen LogP contribution in [0.5, 0.6) is 0 Å². The molecule has 2 fully saturated rings. The van der Waals surface area contributed by atoms with Crippen LogP contribution in [0.2, 0.25) is 0 Å². The lowest BCUT2D eigenvalue weighted by molar-refractivity contribution is -0.134. The summed E-state index contributed by atoms with van der Waals surface area (Å²) in [5.74, 6) is 0.248. The van der Waals surface area contributed by atoms with Gasteiger partial charge in [0.1, 0.15) is 0 Å². The van der Waals surface area contributed by atoms with E-state index in [9.17, 15) is 9.59 Å². The van der Waals surface area contributed by atoms with E-state index in [1.54, 1.807) is 7.11 Å². The zero-order chi connectivity index (χ0) is 12.3. The number of fused-ring (bicyclic) bond motifs is 2. The molecule has 17 heavy (non-hydrogen) atoms. The van der Waals surface area contributed by atoms with Crippen LogP contribution in [0.4, 0.5) is 0 Å². The fourth-order valence-corrected chi connectivity index (χ4v) is 2.78. The van der Waals surface area contributed by atoms with Crippen molar-refractivity contribution >= 4 is 11.8 Å². The van der Waals surface area contributed by atoms with Gasteiger partial charge in [0.25, 0.3) is 0 Å². The maximum absolute atomic E-state index is 12.1. The minimum atomic E-state index is 0.0758. The summed E-state index contributed by atoms with van der Waals surface area (Å²) in [6.07, 6.45) is 3.73. The molecule has 2 aliphatic heterocycles. The zero-order valence-corrected chi connectivity index (χ0v) is 10.3. The van der Waals surface area contributed by atoms with Gasteiger partial charge in [-0.2, -0.15) is 0 Å². The molecule has 5 nitrogen and oxygen atoms in total. The fraction of sp³-hybridized carbons (Fsp3) is 0.833. The van der Waals surface area contributed by atoms with E-state index in [1.165, 1.54) is 0 Å². The standard InChI is InChI=1S/C12H20N2O3/c1-17-6-2-3-12(16)14-9-4-5-10(14)8-13-11(15)7-9/h9-10H,2-8H2,1H3,(H,13,15). The lowest BCUT2D eigenvalue weighted by atomic mass is 10.1. The Morgan fingerprint density at radius 3 is 3.00 bits per heavy atom. The number of hydrogen-bond acceptors (Lipinski definition) is 3. The molecule has 2 aliphatic rings. The lowest BCUT2D eigenvalue weighted by Gasteiger charge is -2.27. The smallest absolute Gasteiger partial charge is 0.223 e. The quantitative estimate of drug-likeness (QED) is 0.719. The van der Waals surface area contributed by atoms with Crippen molar-refractivity contribution in [3.8, 4) is 0 Å². The van der Waals surface area contributed by atoms with E-state index in [-0.39, 0.29) is 23.9 Å². The molecular formula is C12H20N2O3. The monoisotopic (exact) mass is 240 g/mol. The molecular weight excluding hydrogens is 220 g/mol. The first kappa shape index (κ1) is 12.4. The first-order chi connectivity index (χ1) is 8.22. The summed E-state index contributed by atoms with van der Waals surface area (Å²) >= 11 is 0. The normalized spacial score (nSPS) is 27.8. The summed E-state index contributed by atoms with van der Waals surface area (Å²) in [5.41, 5.74) is 0. The summed E-state index contributed by atoms with van der Waals surface area (Å²) in [4.78, 5) is 25.5. The van der Waals surface area contributed by atoms with E-state index in [2.05, 4.69) is 5.32 Å². The molecule has 0 aromatic carbocycles. The molecule has 0 aliphatic carbocycles. The highest BCUT2D eigenvalue weighted by Gasteiger charge is 2.39. The molecule has 0 aromatic rings. The molecule has 0 radical (unpaired) electrons. The van der Waals surface area contributed by atoms with Crippen LogP contribution in [0.25, 0.3) is 0 Å². The summed E-state index contributed by atoms with van der Waals surface area (Å²) in [5, 5.41) is 2.87. The van der Waals surface area contributed by atoms with Gasteiger partial charge in [0, 0.05) is 45.2 Å². The molecule has 1 N–H and O–H groups in total. The average Bonchev–Trinajstić information content (AvgIpc) is 2.60. The molecule has 5 heteroatoms. The van der Waals surface area contributed by atoms with Gasteiger partial charge in [0.15, 0.2) is 0 Å². The van der Waals surface area contributed by atoms with Crippen molar-refractivity contribution in [2.75, 3.05) is 20.3 Å². The number of rotatable bonds is 4. The van der Waals surface area contributed by atoms with Crippen molar-refractivity contribution < 1.29 is 14.3 Å². The minimum absolute atomic E-state index is 0.0758. The maximum atomic E-state index is 12.1. The summed E-state index contributed by atoms with van der Waals surface area (Å²) in [7, 11) is 1.64. The number of carbonyl (C=O) groups excluding carboxylic acids is 2. The Morgan fingerprint density at radius 1 is 1.47 bits per heavy atom. The van der Waals surface area contributed by atoms with Crippen molar-refractivity contribution in [3.05, 3.63) is 0 Å². The van der Waals surface area contributed by atoms with Gasteiger partial charge in [-0.1, -0.05) is 0 Å². The molecule has 0 aromatic heterocycles. The van der Waals surface area contributed by atoms with E-state index in [0.29, 0.717) is 26.0 Å². The summed E-state index contributed by atoms with van der Waals surface area (Å²) in [6, 6.07) is 0.332. The molecule has 2 unspecified atom stereocenters. The van der Waals surface area contributed by atoms with Gasteiger partial charge in [-0.15, -0.1) is 0 Å². The van der Waals surface area contributed by atoms with Crippen LogP contribution in [-0.2, 0) is 14.3 Å². The van der Waals surface area contributed by atoms with Crippen molar-refractivity contribution in [1.29, 1.82) is 0 Å². The molecule has 2 amide bonds. The Morgan fingerprint density at radius 2 is 2.24 bits per heavy atom. The number of carbonyl (C=O) groups is 2. The van der Waals surface area contributed by atoms with Crippen LogP contribution in [0.1, 0.15) is 32.1 Å². The topological polar surface area (TPSA) is 58.6 Å². The summed E-state index contributed by atoms with van der Waals surface area (Å²) < 4.78 is 4.95. The molecule has 2 saturated heterocycles. The second kappa shape index (κ2) is 5.49. The Kier molecular flexibility index (Phi) is 3.99. The molecule has 96 valence electrons. The number of nitrogens with zero attached hydrogens (tertiary/aromatic N) is 1. The molecule has 2 heterocycles. The Hall–Kier alpha value is -1.10. The number of ether oxygens (including phenoxy) is 1. The van der Waals surface area contributed by atoms with Crippen LogP contribution in [-0.4, -0.2) is 49.1 Å². The third-order valence-corrected chi connectivity index (χ3v) is 3.60. The van der Waals surface area contributed by atoms with Gasteiger partial charge in [-0.3, -0.25) is 9.59 Å². The number of methoxy groups -OCH3 is 1. The Balaban J connectivity index is 1.94. The van der Waals surface area contributed by atoms with Crippen LogP contribution in [0, 0.1) is 0 Å². The van der Waals surface area contributed by atoms with Crippen molar-refractivity contribution in [2.24, 2.45) is 0 Å². The van der Waals surface area contributed by atoms with Gasteiger partial charge in [-0.25, -0.2) is 0 Å². The first-order valence-corrected chi connectivity index (χ1v) is 6.29. The third kappa shape index (κ3) is 2.77. The number of hydrogen-bond donors (Lipinski definition) is 1. The van der Waals surface area contributed by atoms with Crippen molar-refractivity contribution in [3.63, 3.8) is 0 Å². The van der Waals surface area contributed by atoms with Gasteiger partial charge in [-0.05, 0) is 19.3 Å². The second-order valence-electron chi connectivity index (χ2n) is 4.79. The van der Waals surface area contributed by atoms with Gasteiger partial charge < -0.3 is 15.0 Å². The van der Waals surface area contributed by atoms with Crippen LogP contribution in [0.15, 0.2) is 0 Å². The highest BCUT2D eigenvalue weighted by molar-refractivity contribution is 5.81. The van der Waals surface area contributed by atoms with Crippen LogP contribution >= 0.6 is 0 Å². The fourth-order valence-electron chi connectivity index (χ4n) is 2.78. The third-order valence-electron chi connectivity index (χ3n) is 3.60. The van der Waals surface area contributed by atoms with Gasteiger partial charge in [0.05, 0.1) is 0 Å². The van der Waals surface area contributed by atoms with Crippen LogP contribution < -0.4 is 5.32 Å². The van der Waals surface area contributed by atoms with Gasteiger partial charge >= 0.3 is 0 Å². The number of nitrogens with one attached hydrogen (secondary N) is 1. The van der Waals surface area contributed by atoms with Crippen molar-refractivity contribution in [1.82, 2.24) is 10.2 Å². The van der Waals surface area contributed by atoms with E-state index in [4.69, 9.17) is 4.74 Å². The average molecular weight is 240 g/mol. The van der Waals surface area contributed by atoms with E-state index >= 15 is 0 Å². The molecule has 2 rings (SSSR count). The molecule has 0 saturated carbocycles. The highest BCUT2D eigenvalue weighted by atomic mass is 16.5. The summed E-state index contributed by atoms with van der Waals surface area (Å²) in [6.45, 7) is 1.23. The Bertz CT molecular complexity index is 306. The van der Waals surface area contributed by atoms with E-state index in [1.807, 2.05) is 4.90 Å². The maximum Gasteiger partial charge on any atom is 0.223 e. The van der Waals surface area contributed by atoms with Gasteiger partial charge in [0.2, 0.25) is 11.8 Å².